The SMILES string of the molecule is COCCCC(=O)c1ccc2nn(CC3CCN(C(=O)c4ccc(Cl)cc4)CC3)cc2c1OC(F)F. The van der Waals surface area contributed by atoms with Crippen LogP contribution in [0.15, 0.2) is 42.6 Å². The number of halogens is 3. The van der Waals surface area contributed by atoms with Crippen molar-refractivity contribution in [1.82, 2.24) is 14.7 Å². The van der Waals surface area contributed by atoms with Gasteiger partial charge in [-0.3, -0.25) is 14.3 Å². The number of ether oxygens (including phenoxy) is 2. The van der Waals surface area contributed by atoms with Crippen LogP contribution in [0.25, 0.3) is 10.9 Å². The van der Waals surface area contributed by atoms with Crippen molar-refractivity contribution in [2.45, 2.75) is 38.8 Å². The molecule has 1 saturated heterocycles. The highest BCUT2D eigenvalue weighted by Crippen LogP contribution is 2.32. The summed E-state index contributed by atoms with van der Waals surface area (Å²) in [5, 5.41) is 5.49. The fourth-order valence-electron chi connectivity index (χ4n) is 4.52. The molecule has 7 nitrogen and oxygen atoms in total. The second-order valence-electron chi connectivity index (χ2n) is 8.87. The molecule has 1 aromatic heterocycles. The fraction of sp³-hybridized carbons (Fsp3) is 0.423. The van der Waals surface area contributed by atoms with Gasteiger partial charge in [-0.1, -0.05) is 11.6 Å². The number of alkyl halides is 2. The van der Waals surface area contributed by atoms with Crippen molar-refractivity contribution in [1.29, 1.82) is 0 Å². The lowest BCUT2D eigenvalue weighted by atomic mass is 9.96. The number of likely N-dealkylation sites (tertiary alicyclic amines) is 1. The number of hydrogen-bond acceptors (Lipinski definition) is 5. The number of nitrogens with zero attached hydrogens (tertiary/aromatic N) is 3. The molecule has 10 heteroatoms. The van der Waals surface area contributed by atoms with Gasteiger partial charge in [0, 0.05) is 56.6 Å². The smallest absolute Gasteiger partial charge is 0.387 e. The zero-order valence-corrected chi connectivity index (χ0v) is 20.7. The third-order valence-corrected chi connectivity index (χ3v) is 6.64. The summed E-state index contributed by atoms with van der Waals surface area (Å²) in [6.45, 7) is -0.851. The molecular formula is C26H28ClF2N3O4. The van der Waals surface area contributed by atoms with Crippen LogP contribution in [0.4, 0.5) is 8.78 Å². The van der Waals surface area contributed by atoms with Gasteiger partial charge in [-0.05, 0) is 61.6 Å². The number of carbonyl (C=O) groups is 2. The molecule has 1 amide bonds. The number of amides is 1. The van der Waals surface area contributed by atoms with E-state index in [1.165, 1.54) is 13.2 Å². The van der Waals surface area contributed by atoms with Crippen LogP contribution in [0, 0.1) is 5.92 Å². The molecule has 0 spiro atoms. The molecule has 0 unspecified atom stereocenters. The summed E-state index contributed by atoms with van der Waals surface area (Å²) in [7, 11) is 1.54. The van der Waals surface area contributed by atoms with E-state index in [1.807, 2.05) is 4.90 Å². The maximum atomic E-state index is 13.2. The molecule has 2 heterocycles. The lowest BCUT2D eigenvalue weighted by Crippen LogP contribution is -2.39. The minimum absolute atomic E-state index is 0.0218. The third-order valence-electron chi connectivity index (χ3n) is 6.39. The Hall–Kier alpha value is -3.04. The molecule has 0 N–H and O–H groups in total. The number of carbonyl (C=O) groups excluding carboxylic acids is 2. The second-order valence-corrected chi connectivity index (χ2v) is 9.30. The van der Waals surface area contributed by atoms with Crippen molar-refractivity contribution < 1.29 is 27.8 Å². The van der Waals surface area contributed by atoms with Crippen LogP contribution in [-0.2, 0) is 11.3 Å². The van der Waals surface area contributed by atoms with Gasteiger partial charge in [-0.15, -0.1) is 0 Å². The maximum Gasteiger partial charge on any atom is 0.387 e. The number of fused-ring (bicyclic) bond motifs is 1. The van der Waals surface area contributed by atoms with Crippen molar-refractivity contribution in [2.75, 3.05) is 26.8 Å². The highest BCUT2D eigenvalue weighted by atomic mass is 35.5. The summed E-state index contributed by atoms with van der Waals surface area (Å²) in [6.07, 6.45) is 3.89. The van der Waals surface area contributed by atoms with Gasteiger partial charge in [-0.2, -0.15) is 13.9 Å². The third kappa shape index (κ3) is 6.20. The first kappa shape index (κ1) is 26.0. The summed E-state index contributed by atoms with van der Waals surface area (Å²) in [5.41, 5.74) is 1.21. The number of aromatic nitrogens is 2. The zero-order chi connectivity index (χ0) is 25.7. The Morgan fingerprint density at radius 3 is 2.53 bits per heavy atom. The van der Waals surface area contributed by atoms with E-state index in [-0.39, 0.29) is 35.3 Å². The first-order valence-corrected chi connectivity index (χ1v) is 12.3. The van der Waals surface area contributed by atoms with Crippen LogP contribution in [0.1, 0.15) is 46.4 Å². The fourth-order valence-corrected chi connectivity index (χ4v) is 4.64. The largest absolute Gasteiger partial charge is 0.433 e. The average molecular weight is 520 g/mol. The molecule has 0 radical (unpaired) electrons. The zero-order valence-electron chi connectivity index (χ0n) is 20.0. The van der Waals surface area contributed by atoms with Crippen LogP contribution >= 0.6 is 11.6 Å². The van der Waals surface area contributed by atoms with Gasteiger partial charge in [0.2, 0.25) is 0 Å². The number of benzene rings is 2. The second kappa shape index (κ2) is 11.8. The predicted molar refractivity (Wildman–Crippen MR) is 132 cm³/mol. The molecule has 3 aromatic rings. The van der Waals surface area contributed by atoms with Gasteiger partial charge >= 0.3 is 6.61 Å². The number of Topliss-reactive ketones (excluding diaryl/α,β-unsaturated/α-hetero) is 1. The number of methoxy groups -OCH3 is 1. The first-order valence-electron chi connectivity index (χ1n) is 11.9. The molecule has 4 rings (SSSR count). The Balaban J connectivity index is 1.44. The van der Waals surface area contributed by atoms with E-state index in [0.29, 0.717) is 54.2 Å². The Kier molecular flexibility index (Phi) is 8.53. The van der Waals surface area contributed by atoms with Crippen molar-refractivity contribution in [3.63, 3.8) is 0 Å². The molecule has 1 aliphatic heterocycles. The van der Waals surface area contributed by atoms with Gasteiger partial charge in [0.05, 0.1) is 16.5 Å². The average Bonchev–Trinajstić information content (AvgIpc) is 3.27. The van der Waals surface area contributed by atoms with E-state index in [0.717, 1.165) is 12.8 Å². The Morgan fingerprint density at radius 1 is 1.14 bits per heavy atom. The number of rotatable bonds is 10. The van der Waals surface area contributed by atoms with E-state index in [4.69, 9.17) is 21.1 Å². The molecule has 0 aliphatic carbocycles. The van der Waals surface area contributed by atoms with Crippen LogP contribution < -0.4 is 4.74 Å². The summed E-state index contributed by atoms with van der Waals surface area (Å²) in [4.78, 5) is 27.2. The molecule has 1 fully saturated rings. The standard InChI is InChI=1S/C26H28ClF2N3O4/c1-35-14-2-3-23(33)20-8-9-22-21(24(20)36-26(28)29)16-32(30-22)15-17-10-12-31(13-11-17)25(34)18-4-6-19(27)7-5-18/h4-9,16-17,26H,2-3,10-15H2,1H3. The van der Waals surface area contributed by atoms with Crippen LogP contribution in [0.5, 0.6) is 5.75 Å². The number of hydrogen-bond donors (Lipinski definition) is 0. The van der Waals surface area contributed by atoms with Crippen molar-refractivity contribution in [3.8, 4) is 5.75 Å². The lowest BCUT2D eigenvalue weighted by molar-refractivity contribution is -0.0491. The normalized spacial score (nSPS) is 14.5. The first-order chi connectivity index (χ1) is 17.4. The van der Waals surface area contributed by atoms with Gasteiger partial charge in [0.25, 0.3) is 5.91 Å². The van der Waals surface area contributed by atoms with Gasteiger partial charge in [0.15, 0.2) is 5.78 Å². The van der Waals surface area contributed by atoms with E-state index in [2.05, 4.69) is 5.10 Å². The molecule has 2 aromatic carbocycles. The molecular weight excluding hydrogens is 492 g/mol. The summed E-state index contributed by atoms with van der Waals surface area (Å²) >= 11 is 5.91. The summed E-state index contributed by atoms with van der Waals surface area (Å²) < 4.78 is 37.9. The molecule has 0 bridgehead atoms. The minimum Gasteiger partial charge on any atom is -0.433 e. The number of piperidine rings is 1. The molecule has 192 valence electrons. The van der Waals surface area contributed by atoms with E-state index in [9.17, 15) is 18.4 Å². The minimum atomic E-state index is -3.06. The van der Waals surface area contributed by atoms with Crippen LogP contribution in [0.2, 0.25) is 5.02 Å². The predicted octanol–water partition coefficient (Wildman–Crippen LogP) is 5.45. The summed E-state index contributed by atoms with van der Waals surface area (Å²) in [5.74, 6) is -0.177. The lowest BCUT2D eigenvalue weighted by Gasteiger charge is -2.32. The van der Waals surface area contributed by atoms with Crippen LogP contribution in [0.3, 0.4) is 0 Å². The van der Waals surface area contributed by atoms with Crippen molar-refractivity contribution in [3.05, 3.63) is 58.7 Å². The topological polar surface area (TPSA) is 73.7 Å². The Bertz CT molecular complexity index is 1210. The van der Waals surface area contributed by atoms with E-state index in [1.54, 1.807) is 41.2 Å². The van der Waals surface area contributed by atoms with Crippen molar-refractivity contribution >= 4 is 34.2 Å². The molecule has 0 atom stereocenters. The number of ketones is 1. The van der Waals surface area contributed by atoms with Crippen LogP contribution in [-0.4, -0.2) is 59.8 Å². The van der Waals surface area contributed by atoms with Gasteiger partial charge < -0.3 is 14.4 Å². The summed E-state index contributed by atoms with van der Waals surface area (Å²) in [6, 6.07) is 10.0. The Morgan fingerprint density at radius 2 is 1.86 bits per heavy atom. The highest BCUT2D eigenvalue weighted by molar-refractivity contribution is 6.30. The molecule has 0 saturated carbocycles. The molecule has 36 heavy (non-hydrogen) atoms. The highest BCUT2D eigenvalue weighted by Gasteiger charge is 2.25. The van der Waals surface area contributed by atoms with Gasteiger partial charge in [0.1, 0.15) is 5.75 Å². The maximum absolute atomic E-state index is 13.2. The van der Waals surface area contributed by atoms with E-state index < -0.39 is 6.61 Å². The van der Waals surface area contributed by atoms with Gasteiger partial charge in [-0.25, -0.2) is 0 Å². The molecule has 1 aliphatic rings. The van der Waals surface area contributed by atoms with E-state index >= 15 is 0 Å². The van der Waals surface area contributed by atoms with Crippen molar-refractivity contribution in [2.24, 2.45) is 5.92 Å². The monoisotopic (exact) mass is 519 g/mol. The Labute approximate surface area is 212 Å². The quantitative estimate of drug-likeness (QED) is 0.263.